The molecular weight excluding hydrogens is 633 g/mol. The van der Waals surface area contributed by atoms with Crippen LogP contribution in [0.4, 0.5) is 18.0 Å². The summed E-state index contributed by atoms with van der Waals surface area (Å²) in [7, 11) is 0. The topological polar surface area (TPSA) is 125 Å². The highest BCUT2D eigenvalue weighted by Crippen LogP contribution is 2.46. The zero-order valence-corrected chi connectivity index (χ0v) is 25.1. The lowest BCUT2D eigenvalue weighted by Gasteiger charge is -2.36. The van der Waals surface area contributed by atoms with Gasteiger partial charge in [-0.1, -0.05) is 17.7 Å². The molecule has 1 aromatic carbocycles. The summed E-state index contributed by atoms with van der Waals surface area (Å²) < 4.78 is 47.1. The fourth-order valence-corrected chi connectivity index (χ4v) is 6.97. The van der Waals surface area contributed by atoms with Gasteiger partial charge in [-0.3, -0.25) is 4.99 Å². The lowest BCUT2D eigenvalue weighted by Crippen LogP contribution is -2.51. The Labute approximate surface area is 263 Å². The van der Waals surface area contributed by atoms with Gasteiger partial charge in [0.25, 0.3) is 0 Å². The van der Waals surface area contributed by atoms with Crippen LogP contribution >= 0.6 is 22.9 Å². The first kappa shape index (κ1) is 29.5. The van der Waals surface area contributed by atoms with Crippen LogP contribution in [0, 0.1) is 5.82 Å². The Morgan fingerprint density at radius 1 is 1.20 bits per heavy atom. The number of amides is 2. The molecule has 2 fully saturated rings. The van der Waals surface area contributed by atoms with Gasteiger partial charge in [-0.25, -0.2) is 23.8 Å². The lowest BCUT2D eigenvalue weighted by atomic mass is 9.91. The van der Waals surface area contributed by atoms with Crippen LogP contribution in [0.3, 0.4) is 0 Å². The number of hydrogen-bond donors (Lipinski definition) is 2. The zero-order chi connectivity index (χ0) is 31.3. The molecule has 2 N–H and O–H groups in total. The number of nitrogens with zero attached hydrogens (tertiary/aromatic N) is 7. The quantitative estimate of drug-likeness (QED) is 0.292. The number of benzene rings is 1. The number of urea groups is 1. The van der Waals surface area contributed by atoms with E-state index in [1.54, 1.807) is 11.1 Å². The highest BCUT2D eigenvalue weighted by molar-refractivity contribution is 7.11. The van der Waals surface area contributed by atoms with E-state index in [1.807, 2.05) is 10.3 Å². The molecule has 45 heavy (non-hydrogen) atoms. The minimum atomic E-state index is -2.85. The SMILES string of the molecule is O=C(N[C@H]1CC2=C(c3ccn(C(F)F)n3)[C@H](c3ccc(F)cc3Cl)N=C(c3nccs3)N2C1)N1CCC(O)(c2ncco2)CC1. The van der Waals surface area contributed by atoms with Crippen LogP contribution in [0.2, 0.25) is 5.02 Å². The molecule has 6 heterocycles. The summed E-state index contributed by atoms with van der Waals surface area (Å²) >= 11 is 7.90. The van der Waals surface area contributed by atoms with Crippen LogP contribution in [-0.2, 0) is 5.60 Å². The maximum atomic E-state index is 14.1. The number of hydrogen-bond acceptors (Lipinski definition) is 9. The molecular formula is C29H26ClF3N8O3S. The number of nitrogens with one attached hydrogen (secondary N) is 1. The third-order valence-corrected chi connectivity index (χ3v) is 9.36. The summed E-state index contributed by atoms with van der Waals surface area (Å²) in [6.45, 7) is -1.95. The number of thiazole rings is 1. The van der Waals surface area contributed by atoms with Gasteiger partial charge in [-0.15, -0.1) is 11.3 Å². The van der Waals surface area contributed by atoms with Crippen molar-refractivity contribution in [3.63, 3.8) is 0 Å². The van der Waals surface area contributed by atoms with Gasteiger partial charge in [0.1, 0.15) is 23.7 Å². The second-order valence-corrected chi connectivity index (χ2v) is 12.3. The van der Waals surface area contributed by atoms with Gasteiger partial charge in [0.05, 0.1) is 17.9 Å². The van der Waals surface area contributed by atoms with Gasteiger partial charge in [0.2, 0.25) is 5.89 Å². The Balaban J connectivity index is 1.22. The molecule has 0 bridgehead atoms. The number of aliphatic imine (C=N–C) groups is 1. The Bertz CT molecular complexity index is 1770. The van der Waals surface area contributed by atoms with E-state index in [9.17, 15) is 23.1 Å². The third kappa shape index (κ3) is 5.48. The minimum Gasteiger partial charge on any atom is -0.446 e. The van der Waals surface area contributed by atoms with Crippen molar-refractivity contribution >= 4 is 40.4 Å². The average molecular weight is 659 g/mol. The molecule has 3 aliphatic rings. The number of carbonyl (C=O) groups is 1. The van der Waals surface area contributed by atoms with Gasteiger partial charge in [-0.05, 0) is 18.2 Å². The van der Waals surface area contributed by atoms with Gasteiger partial charge in [0.15, 0.2) is 10.8 Å². The number of aromatic nitrogens is 4. The van der Waals surface area contributed by atoms with Crippen molar-refractivity contribution in [3.8, 4) is 0 Å². The first-order valence-corrected chi connectivity index (χ1v) is 15.4. The van der Waals surface area contributed by atoms with E-state index < -0.39 is 24.0 Å². The highest BCUT2D eigenvalue weighted by atomic mass is 35.5. The molecule has 0 aliphatic carbocycles. The second kappa shape index (κ2) is 11.6. The number of fused-ring (bicyclic) bond motifs is 1. The smallest absolute Gasteiger partial charge is 0.333 e. The number of halogens is 4. The second-order valence-electron chi connectivity index (χ2n) is 11.0. The Hall–Kier alpha value is -4.21. The number of likely N-dealkylation sites (tertiary alicyclic amines) is 1. The summed E-state index contributed by atoms with van der Waals surface area (Å²) in [5.41, 5.74) is 0.721. The average Bonchev–Trinajstić information content (AvgIpc) is 3.84. The largest absolute Gasteiger partial charge is 0.446 e. The van der Waals surface area contributed by atoms with Crippen LogP contribution in [0.1, 0.15) is 54.0 Å². The molecule has 7 rings (SSSR count). The van der Waals surface area contributed by atoms with Crippen molar-refractivity contribution in [2.45, 2.75) is 43.5 Å². The summed E-state index contributed by atoms with van der Waals surface area (Å²) in [6.07, 6.45) is 6.57. The summed E-state index contributed by atoms with van der Waals surface area (Å²) in [5.74, 6) is 0.226. The number of aliphatic hydroxyl groups is 1. The monoisotopic (exact) mass is 658 g/mol. The van der Waals surface area contributed by atoms with E-state index >= 15 is 0 Å². The van der Waals surface area contributed by atoms with Crippen molar-refractivity contribution in [1.82, 2.24) is 34.9 Å². The van der Waals surface area contributed by atoms with Crippen molar-refractivity contribution in [3.05, 3.63) is 93.2 Å². The maximum Gasteiger partial charge on any atom is 0.333 e. The van der Waals surface area contributed by atoms with Crippen LogP contribution in [0.5, 0.6) is 0 Å². The number of oxazole rings is 1. The molecule has 4 aromatic rings. The van der Waals surface area contributed by atoms with E-state index in [2.05, 4.69) is 20.4 Å². The Morgan fingerprint density at radius 3 is 2.69 bits per heavy atom. The number of amidine groups is 1. The molecule has 0 unspecified atom stereocenters. The predicted molar refractivity (Wildman–Crippen MR) is 158 cm³/mol. The summed E-state index contributed by atoms with van der Waals surface area (Å²) in [6, 6.07) is 3.95. The predicted octanol–water partition coefficient (Wildman–Crippen LogP) is 5.20. The van der Waals surface area contributed by atoms with Crippen molar-refractivity contribution < 1.29 is 27.5 Å². The molecule has 234 valence electrons. The molecule has 2 saturated heterocycles. The molecule has 0 saturated carbocycles. The Morgan fingerprint density at radius 2 is 2.02 bits per heavy atom. The molecule has 3 aromatic heterocycles. The molecule has 0 spiro atoms. The number of rotatable bonds is 6. The van der Waals surface area contributed by atoms with E-state index in [0.29, 0.717) is 45.3 Å². The van der Waals surface area contributed by atoms with Crippen LogP contribution in [-0.4, -0.2) is 72.2 Å². The molecule has 0 radical (unpaired) electrons. The first-order valence-electron chi connectivity index (χ1n) is 14.1. The highest BCUT2D eigenvalue weighted by Gasteiger charge is 2.43. The normalized spacial score (nSPS) is 21.3. The van der Waals surface area contributed by atoms with E-state index in [1.165, 1.54) is 54.3 Å². The molecule has 2 atom stereocenters. The van der Waals surface area contributed by atoms with Crippen molar-refractivity contribution in [2.75, 3.05) is 19.6 Å². The van der Waals surface area contributed by atoms with Crippen molar-refractivity contribution in [1.29, 1.82) is 0 Å². The Kier molecular flexibility index (Phi) is 7.61. The maximum absolute atomic E-state index is 14.1. The summed E-state index contributed by atoms with van der Waals surface area (Å²) in [4.78, 5) is 30.5. The zero-order valence-electron chi connectivity index (χ0n) is 23.5. The minimum absolute atomic E-state index is 0.125. The van der Waals surface area contributed by atoms with E-state index in [-0.39, 0.29) is 54.6 Å². The van der Waals surface area contributed by atoms with E-state index in [4.69, 9.17) is 21.0 Å². The molecule has 2 amide bonds. The third-order valence-electron chi connectivity index (χ3n) is 8.26. The summed E-state index contributed by atoms with van der Waals surface area (Å²) in [5, 5.41) is 20.8. The van der Waals surface area contributed by atoms with E-state index in [0.717, 1.165) is 0 Å². The molecule has 16 heteroatoms. The fourth-order valence-electron chi connectivity index (χ4n) is 6.06. The molecule has 3 aliphatic heterocycles. The first-order chi connectivity index (χ1) is 21.7. The number of carbonyl (C=O) groups excluding carboxylic acids is 1. The molecule has 11 nitrogen and oxygen atoms in total. The van der Waals surface area contributed by atoms with Gasteiger partial charge in [-0.2, -0.15) is 13.9 Å². The van der Waals surface area contributed by atoms with Gasteiger partial charge >= 0.3 is 12.6 Å². The number of piperidine rings is 1. The number of alkyl halides is 2. The van der Waals surface area contributed by atoms with Crippen molar-refractivity contribution in [2.24, 2.45) is 4.99 Å². The standard InChI is InChI=1S/C29H26ClF3N8O3S/c30-19-13-16(31)1-2-18(19)23-22(20-3-8-41(38-20)27(32)33)21-14-17(15-40(21)24(37-23)25-34-7-12-45-25)36-28(42)39-9-4-29(43,5-10-39)26-35-6-11-44-26/h1-3,6-8,11-13,17,23,27,43H,4-5,9-10,14-15H2,(H,36,42)/t17-,23-/m0/s1. The van der Waals surface area contributed by atoms with Crippen LogP contribution in [0.25, 0.3) is 5.57 Å². The van der Waals surface area contributed by atoms with Crippen LogP contribution < -0.4 is 5.32 Å². The van der Waals surface area contributed by atoms with Crippen LogP contribution in [0.15, 0.2) is 69.6 Å². The lowest BCUT2D eigenvalue weighted by molar-refractivity contribution is -0.0382. The van der Waals surface area contributed by atoms with Gasteiger partial charge in [0, 0.05) is 78.5 Å². The van der Waals surface area contributed by atoms with Gasteiger partial charge < -0.3 is 24.6 Å². The fraction of sp³-hybridized carbons (Fsp3) is 0.345.